The summed E-state index contributed by atoms with van der Waals surface area (Å²) < 4.78 is 5.62. The van der Waals surface area contributed by atoms with Crippen LogP contribution in [-0.4, -0.2) is 53.2 Å². The maximum atomic E-state index is 13.3. The van der Waals surface area contributed by atoms with Gasteiger partial charge >= 0.3 is 12.1 Å². The average Bonchev–Trinajstić information content (AvgIpc) is 3.18. The van der Waals surface area contributed by atoms with Gasteiger partial charge in [-0.1, -0.05) is 48.5 Å². The van der Waals surface area contributed by atoms with Crippen LogP contribution in [0.1, 0.15) is 50.2 Å². The van der Waals surface area contributed by atoms with Crippen molar-refractivity contribution in [2.24, 2.45) is 5.92 Å². The SMILES string of the molecule is CC#CCC(NC(=O)OCC1c2ccccc2-c2ccccc21)C(=O)N1CC[C@@H](C(=O)O)C[C@H]1C. The van der Waals surface area contributed by atoms with Crippen LogP contribution in [0.2, 0.25) is 0 Å². The molecule has 2 aromatic rings. The maximum Gasteiger partial charge on any atom is 0.407 e. The Kier molecular flexibility index (Phi) is 7.40. The first-order chi connectivity index (χ1) is 16.9. The molecule has 0 radical (unpaired) electrons. The fraction of sp³-hybridized carbons (Fsp3) is 0.393. The van der Waals surface area contributed by atoms with Crippen LogP contribution in [0.15, 0.2) is 48.5 Å². The summed E-state index contributed by atoms with van der Waals surface area (Å²) in [4.78, 5) is 39.0. The summed E-state index contributed by atoms with van der Waals surface area (Å²) in [5.74, 6) is 4.01. The molecule has 2 amide bonds. The number of amides is 2. The van der Waals surface area contributed by atoms with Gasteiger partial charge in [0.2, 0.25) is 5.91 Å². The molecule has 7 heteroatoms. The molecule has 2 aromatic carbocycles. The fourth-order valence-electron chi connectivity index (χ4n) is 5.11. The van der Waals surface area contributed by atoms with Crippen molar-refractivity contribution >= 4 is 18.0 Å². The molecule has 2 aliphatic rings. The minimum Gasteiger partial charge on any atom is -0.481 e. The lowest BCUT2D eigenvalue weighted by molar-refractivity contribution is -0.148. The van der Waals surface area contributed by atoms with E-state index in [9.17, 15) is 19.5 Å². The van der Waals surface area contributed by atoms with E-state index in [2.05, 4.69) is 29.3 Å². The summed E-state index contributed by atoms with van der Waals surface area (Å²) in [5, 5.41) is 12.0. The van der Waals surface area contributed by atoms with Crippen molar-refractivity contribution in [3.05, 3.63) is 59.7 Å². The minimum atomic E-state index is -0.859. The van der Waals surface area contributed by atoms with Crippen molar-refractivity contribution in [2.45, 2.75) is 51.1 Å². The van der Waals surface area contributed by atoms with Crippen LogP contribution in [0.3, 0.4) is 0 Å². The van der Waals surface area contributed by atoms with Gasteiger partial charge in [0, 0.05) is 24.9 Å². The van der Waals surface area contributed by atoms with E-state index in [1.54, 1.807) is 11.8 Å². The van der Waals surface area contributed by atoms with E-state index in [1.165, 1.54) is 0 Å². The fourth-order valence-corrected chi connectivity index (χ4v) is 5.11. The van der Waals surface area contributed by atoms with E-state index in [-0.39, 0.29) is 30.9 Å². The van der Waals surface area contributed by atoms with Gasteiger partial charge in [0.05, 0.1) is 5.92 Å². The molecule has 3 atom stereocenters. The summed E-state index contributed by atoms with van der Waals surface area (Å²) in [6.07, 6.45) is 0.266. The Morgan fingerprint density at radius 2 is 1.74 bits per heavy atom. The van der Waals surface area contributed by atoms with Gasteiger partial charge in [-0.3, -0.25) is 9.59 Å². The van der Waals surface area contributed by atoms with Crippen molar-refractivity contribution in [1.29, 1.82) is 0 Å². The molecule has 0 bridgehead atoms. The summed E-state index contributed by atoms with van der Waals surface area (Å²) in [5.41, 5.74) is 4.51. The van der Waals surface area contributed by atoms with Gasteiger partial charge in [-0.15, -0.1) is 11.8 Å². The van der Waals surface area contributed by atoms with Crippen molar-refractivity contribution in [2.75, 3.05) is 13.2 Å². The van der Waals surface area contributed by atoms with Gasteiger partial charge in [0.15, 0.2) is 0 Å². The molecule has 1 saturated heterocycles. The van der Waals surface area contributed by atoms with E-state index >= 15 is 0 Å². The third kappa shape index (κ3) is 5.17. The Bertz CT molecular complexity index is 1140. The van der Waals surface area contributed by atoms with Gasteiger partial charge in [0.25, 0.3) is 0 Å². The molecule has 0 spiro atoms. The van der Waals surface area contributed by atoms with E-state index in [4.69, 9.17) is 4.74 Å². The smallest absolute Gasteiger partial charge is 0.407 e. The highest BCUT2D eigenvalue weighted by Crippen LogP contribution is 2.44. The summed E-state index contributed by atoms with van der Waals surface area (Å²) in [7, 11) is 0. The number of nitrogens with zero attached hydrogens (tertiary/aromatic N) is 1. The standard InChI is InChI=1S/C28H30N2O5/c1-3-4-13-25(26(31)30-15-14-19(27(32)33)16-18(30)2)29-28(34)35-17-24-22-11-7-5-9-20(22)21-10-6-8-12-23(21)24/h5-12,18-19,24-25H,13-17H2,1-2H3,(H,29,34)(H,32,33)/t18-,19-,25?/m1/s1. The van der Waals surface area contributed by atoms with Gasteiger partial charge in [-0.2, -0.15) is 0 Å². The quantitative estimate of drug-likeness (QED) is 0.617. The number of carboxylic acid groups (broad SMARTS) is 1. The third-order valence-electron chi connectivity index (χ3n) is 6.93. The zero-order valence-electron chi connectivity index (χ0n) is 20.0. The number of aliphatic carboxylic acids is 1. The Hall–Kier alpha value is -3.79. The van der Waals surface area contributed by atoms with Crippen LogP contribution < -0.4 is 5.32 Å². The number of carbonyl (C=O) groups excluding carboxylic acids is 2. The predicted molar refractivity (Wildman–Crippen MR) is 132 cm³/mol. The molecule has 1 aliphatic heterocycles. The molecule has 2 N–H and O–H groups in total. The highest BCUT2D eigenvalue weighted by molar-refractivity contribution is 5.86. The van der Waals surface area contributed by atoms with Gasteiger partial charge in [-0.05, 0) is 48.9 Å². The number of carboxylic acids is 1. The molecule has 35 heavy (non-hydrogen) atoms. The number of fused-ring (bicyclic) bond motifs is 3. The molecule has 1 aliphatic carbocycles. The second-order valence-corrected chi connectivity index (χ2v) is 9.09. The summed E-state index contributed by atoms with van der Waals surface area (Å²) in [6, 6.07) is 15.1. The van der Waals surface area contributed by atoms with E-state index in [1.807, 2.05) is 43.3 Å². The number of likely N-dealkylation sites (tertiary alicyclic amines) is 1. The third-order valence-corrected chi connectivity index (χ3v) is 6.93. The molecular weight excluding hydrogens is 444 g/mol. The van der Waals surface area contributed by atoms with Gasteiger partial charge in [0.1, 0.15) is 12.6 Å². The molecule has 4 rings (SSSR count). The average molecular weight is 475 g/mol. The number of hydrogen-bond donors (Lipinski definition) is 2. The highest BCUT2D eigenvalue weighted by atomic mass is 16.5. The first-order valence-electron chi connectivity index (χ1n) is 11.9. The lowest BCUT2D eigenvalue weighted by Gasteiger charge is -2.38. The number of hydrogen-bond acceptors (Lipinski definition) is 4. The lowest BCUT2D eigenvalue weighted by atomic mass is 9.91. The normalized spacial score (nSPS) is 19.5. The number of nitrogens with one attached hydrogen (secondary N) is 1. The van der Waals surface area contributed by atoms with Crippen molar-refractivity contribution < 1.29 is 24.2 Å². The molecule has 0 aromatic heterocycles. The molecular formula is C28H30N2O5. The molecule has 1 heterocycles. The van der Waals surface area contributed by atoms with Crippen LogP contribution in [-0.2, 0) is 14.3 Å². The number of piperidine rings is 1. The minimum absolute atomic E-state index is 0.0761. The van der Waals surface area contributed by atoms with Gasteiger partial charge < -0.3 is 20.1 Å². The molecule has 1 fully saturated rings. The molecule has 182 valence electrons. The van der Waals surface area contributed by atoms with E-state index < -0.39 is 24.0 Å². The topological polar surface area (TPSA) is 95.9 Å². The largest absolute Gasteiger partial charge is 0.481 e. The van der Waals surface area contributed by atoms with Crippen LogP contribution >= 0.6 is 0 Å². The lowest BCUT2D eigenvalue weighted by Crippen LogP contribution is -2.54. The van der Waals surface area contributed by atoms with Crippen molar-refractivity contribution in [3.8, 4) is 23.0 Å². The Labute approximate surface area is 205 Å². The highest BCUT2D eigenvalue weighted by Gasteiger charge is 2.36. The van der Waals surface area contributed by atoms with Crippen LogP contribution in [0.5, 0.6) is 0 Å². The van der Waals surface area contributed by atoms with Crippen LogP contribution in [0, 0.1) is 17.8 Å². The predicted octanol–water partition coefficient (Wildman–Crippen LogP) is 4.02. The summed E-state index contributed by atoms with van der Waals surface area (Å²) >= 11 is 0. The Morgan fingerprint density at radius 1 is 1.11 bits per heavy atom. The number of carbonyl (C=O) groups is 3. The zero-order valence-corrected chi connectivity index (χ0v) is 20.0. The monoisotopic (exact) mass is 474 g/mol. The number of ether oxygens (including phenoxy) is 1. The number of alkyl carbamates (subject to hydrolysis) is 1. The van der Waals surface area contributed by atoms with Crippen molar-refractivity contribution in [1.82, 2.24) is 10.2 Å². The maximum absolute atomic E-state index is 13.3. The molecule has 0 saturated carbocycles. The molecule has 1 unspecified atom stereocenters. The Balaban J connectivity index is 1.42. The van der Waals surface area contributed by atoms with Crippen molar-refractivity contribution in [3.63, 3.8) is 0 Å². The van der Waals surface area contributed by atoms with Crippen LogP contribution in [0.4, 0.5) is 4.79 Å². The Morgan fingerprint density at radius 3 is 2.31 bits per heavy atom. The van der Waals surface area contributed by atoms with Crippen LogP contribution in [0.25, 0.3) is 11.1 Å². The van der Waals surface area contributed by atoms with E-state index in [0.717, 1.165) is 22.3 Å². The van der Waals surface area contributed by atoms with Gasteiger partial charge in [-0.25, -0.2) is 4.79 Å². The zero-order chi connectivity index (χ0) is 24.9. The number of rotatable bonds is 6. The summed E-state index contributed by atoms with van der Waals surface area (Å²) in [6.45, 7) is 4.00. The molecule has 7 nitrogen and oxygen atoms in total. The first kappa shape index (κ1) is 24.3. The van der Waals surface area contributed by atoms with E-state index in [0.29, 0.717) is 19.4 Å². The second kappa shape index (κ2) is 10.6. The number of benzene rings is 2. The second-order valence-electron chi connectivity index (χ2n) is 9.09. The first-order valence-corrected chi connectivity index (χ1v) is 11.9.